The first-order chi connectivity index (χ1) is 10.3. The van der Waals surface area contributed by atoms with E-state index in [1.54, 1.807) is 14.2 Å². The van der Waals surface area contributed by atoms with E-state index >= 15 is 0 Å². The molecule has 6 heteroatoms. The zero-order valence-electron chi connectivity index (χ0n) is 12.6. The van der Waals surface area contributed by atoms with Crippen LogP contribution in [0.3, 0.4) is 0 Å². The maximum absolute atomic E-state index is 5.40. The van der Waals surface area contributed by atoms with Crippen molar-refractivity contribution in [1.29, 1.82) is 0 Å². The average molecular weight is 288 g/mol. The van der Waals surface area contributed by atoms with Crippen molar-refractivity contribution in [3.05, 3.63) is 29.6 Å². The Balaban J connectivity index is 2.00. The molecule has 112 valence electrons. The summed E-state index contributed by atoms with van der Waals surface area (Å²) in [6, 6.07) is 6.20. The van der Waals surface area contributed by atoms with Gasteiger partial charge in [0.1, 0.15) is 0 Å². The molecule has 1 unspecified atom stereocenters. The summed E-state index contributed by atoms with van der Waals surface area (Å²) >= 11 is 0. The molecule has 0 fully saturated rings. The Labute approximate surface area is 124 Å². The number of methoxy groups -OCH3 is 2. The van der Waals surface area contributed by atoms with Crippen molar-refractivity contribution in [3.8, 4) is 11.5 Å². The van der Waals surface area contributed by atoms with Gasteiger partial charge in [0.2, 0.25) is 5.95 Å². The topological polar surface area (TPSA) is 61.2 Å². The number of aryl methyl sites for hydroxylation is 1. The lowest BCUT2D eigenvalue weighted by atomic mass is 10.0. The maximum Gasteiger partial charge on any atom is 0.221 e. The first-order valence-electron chi connectivity index (χ1n) is 7.18. The van der Waals surface area contributed by atoms with Crippen LogP contribution in [0.25, 0.3) is 0 Å². The van der Waals surface area contributed by atoms with E-state index in [0.29, 0.717) is 0 Å². The molecule has 1 aliphatic heterocycles. The molecule has 3 rings (SSSR count). The van der Waals surface area contributed by atoms with E-state index in [1.807, 2.05) is 16.8 Å². The monoisotopic (exact) mass is 288 g/mol. The third-order valence-corrected chi connectivity index (χ3v) is 3.78. The number of nitrogens with zero attached hydrogens (tertiary/aromatic N) is 3. The van der Waals surface area contributed by atoms with Crippen molar-refractivity contribution in [2.45, 2.75) is 25.8 Å². The minimum absolute atomic E-state index is 0.175. The Morgan fingerprint density at radius 1 is 1.29 bits per heavy atom. The molecule has 0 bridgehead atoms. The highest BCUT2D eigenvalue weighted by Gasteiger charge is 2.25. The minimum Gasteiger partial charge on any atom is -0.493 e. The summed E-state index contributed by atoms with van der Waals surface area (Å²) in [6.45, 7) is 2.95. The summed E-state index contributed by atoms with van der Waals surface area (Å²) in [6.07, 6.45) is 1.80. The van der Waals surface area contributed by atoms with Crippen LogP contribution >= 0.6 is 0 Å². The molecule has 0 radical (unpaired) electrons. The molecule has 1 atom stereocenters. The van der Waals surface area contributed by atoms with E-state index < -0.39 is 0 Å². The van der Waals surface area contributed by atoms with Crippen LogP contribution in [0.2, 0.25) is 0 Å². The van der Waals surface area contributed by atoms with Gasteiger partial charge in [-0.15, -0.1) is 0 Å². The minimum atomic E-state index is 0.175. The van der Waals surface area contributed by atoms with Crippen LogP contribution in [-0.4, -0.2) is 35.5 Å². The van der Waals surface area contributed by atoms with Crippen molar-refractivity contribution < 1.29 is 9.47 Å². The van der Waals surface area contributed by atoms with Gasteiger partial charge in [-0.25, -0.2) is 4.68 Å². The molecule has 1 N–H and O–H groups in total. The zero-order chi connectivity index (χ0) is 14.8. The maximum atomic E-state index is 5.40. The molecule has 0 saturated heterocycles. The van der Waals surface area contributed by atoms with Gasteiger partial charge in [0, 0.05) is 13.0 Å². The van der Waals surface area contributed by atoms with Crippen LogP contribution in [0.15, 0.2) is 18.2 Å². The Bertz CT molecular complexity index is 639. The van der Waals surface area contributed by atoms with E-state index in [4.69, 9.17) is 9.47 Å². The Morgan fingerprint density at radius 2 is 2.10 bits per heavy atom. The highest BCUT2D eigenvalue weighted by atomic mass is 16.5. The summed E-state index contributed by atoms with van der Waals surface area (Å²) in [7, 11) is 3.30. The summed E-state index contributed by atoms with van der Waals surface area (Å²) < 4.78 is 12.7. The SMILES string of the molecule is CCc1nc2n(n1)C(c1ccc(OC)c(OC)c1)CCN2. The van der Waals surface area contributed by atoms with E-state index in [2.05, 4.69) is 28.4 Å². The second-order valence-electron chi connectivity index (χ2n) is 5.00. The first-order valence-corrected chi connectivity index (χ1v) is 7.18. The predicted molar refractivity (Wildman–Crippen MR) is 80.2 cm³/mol. The predicted octanol–water partition coefficient (Wildman–Crippen LogP) is 2.26. The fourth-order valence-electron chi connectivity index (χ4n) is 2.67. The van der Waals surface area contributed by atoms with Crippen molar-refractivity contribution in [1.82, 2.24) is 14.8 Å². The molecule has 2 heterocycles. The number of fused-ring (bicyclic) bond motifs is 1. The molecule has 0 spiro atoms. The van der Waals surface area contributed by atoms with Gasteiger partial charge in [-0.1, -0.05) is 13.0 Å². The fourth-order valence-corrected chi connectivity index (χ4v) is 2.67. The van der Waals surface area contributed by atoms with Crippen LogP contribution in [0.5, 0.6) is 11.5 Å². The smallest absolute Gasteiger partial charge is 0.221 e. The lowest BCUT2D eigenvalue weighted by Gasteiger charge is -2.25. The molecular weight excluding hydrogens is 268 g/mol. The molecule has 1 aromatic heterocycles. The molecule has 2 aromatic rings. The number of ether oxygens (including phenoxy) is 2. The van der Waals surface area contributed by atoms with Crippen LogP contribution in [0.4, 0.5) is 5.95 Å². The van der Waals surface area contributed by atoms with Gasteiger partial charge in [0.05, 0.1) is 20.3 Å². The molecule has 1 aliphatic rings. The van der Waals surface area contributed by atoms with Gasteiger partial charge in [0.25, 0.3) is 0 Å². The normalized spacial score (nSPS) is 17.0. The van der Waals surface area contributed by atoms with Crippen molar-refractivity contribution in [3.63, 3.8) is 0 Å². The molecule has 1 aromatic carbocycles. The summed E-state index contributed by atoms with van der Waals surface area (Å²) in [5.41, 5.74) is 1.16. The largest absolute Gasteiger partial charge is 0.493 e. The number of rotatable bonds is 4. The molecule has 0 aliphatic carbocycles. The number of benzene rings is 1. The quantitative estimate of drug-likeness (QED) is 0.935. The average Bonchev–Trinajstić information content (AvgIpc) is 2.97. The number of anilines is 1. The Kier molecular flexibility index (Phi) is 3.68. The van der Waals surface area contributed by atoms with Gasteiger partial charge in [-0.2, -0.15) is 10.1 Å². The van der Waals surface area contributed by atoms with Crippen molar-refractivity contribution in [2.24, 2.45) is 0 Å². The standard InChI is InChI=1S/C15H20N4O2/c1-4-14-17-15-16-8-7-11(19(15)18-14)10-5-6-12(20-2)13(9-10)21-3/h5-6,9,11H,4,7-8H2,1-3H3,(H,16,17,18). The van der Waals surface area contributed by atoms with Crippen LogP contribution in [-0.2, 0) is 6.42 Å². The first kappa shape index (κ1) is 13.7. The highest BCUT2D eigenvalue weighted by molar-refractivity contribution is 5.45. The molecule has 21 heavy (non-hydrogen) atoms. The van der Waals surface area contributed by atoms with E-state index in [-0.39, 0.29) is 6.04 Å². The Hall–Kier alpha value is -2.24. The number of aromatic nitrogens is 3. The van der Waals surface area contributed by atoms with E-state index in [1.165, 1.54) is 0 Å². The summed E-state index contributed by atoms with van der Waals surface area (Å²) in [5, 5.41) is 7.90. The Morgan fingerprint density at radius 3 is 2.81 bits per heavy atom. The second-order valence-corrected chi connectivity index (χ2v) is 5.00. The van der Waals surface area contributed by atoms with Crippen LogP contribution < -0.4 is 14.8 Å². The van der Waals surface area contributed by atoms with E-state index in [9.17, 15) is 0 Å². The van der Waals surface area contributed by atoms with Crippen molar-refractivity contribution in [2.75, 3.05) is 26.1 Å². The summed E-state index contributed by atoms with van der Waals surface area (Å²) in [4.78, 5) is 4.51. The lowest BCUT2D eigenvalue weighted by molar-refractivity contribution is 0.353. The molecule has 6 nitrogen and oxygen atoms in total. The third-order valence-electron chi connectivity index (χ3n) is 3.78. The van der Waals surface area contributed by atoms with Crippen LogP contribution in [0, 0.1) is 0 Å². The van der Waals surface area contributed by atoms with Crippen LogP contribution in [0.1, 0.15) is 30.8 Å². The van der Waals surface area contributed by atoms with Gasteiger partial charge < -0.3 is 14.8 Å². The van der Waals surface area contributed by atoms with Gasteiger partial charge in [-0.05, 0) is 24.1 Å². The number of nitrogens with one attached hydrogen (secondary N) is 1. The summed E-state index contributed by atoms with van der Waals surface area (Å²) in [5.74, 6) is 3.19. The van der Waals surface area contributed by atoms with Crippen molar-refractivity contribution >= 4 is 5.95 Å². The fraction of sp³-hybridized carbons (Fsp3) is 0.467. The zero-order valence-corrected chi connectivity index (χ0v) is 12.6. The molecular formula is C15H20N4O2. The van der Waals surface area contributed by atoms with Gasteiger partial charge >= 0.3 is 0 Å². The molecule has 0 saturated carbocycles. The van der Waals surface area contributed by atoms with Gasteiger partial charge in [-0.3, -0.25) is 0 Å². The van der Waals surface area contributed by atoms with E-state index in [0.717, 1.165) is 48.2 Å². The second kappa shape index (κ2) is 5.63. The number of hydrogen-bond donors (Lipinski definition) is 1. The van der Waals surface area contributed by atoms with Gasteiger partial charge in [0.15, 0.2) is 17.3 Å². The highest BCUT2D eigenvalue weighted by Crippen LogP contribution is 2.34. The molecule has 0 amide bonds. The third kappa shape index (κ3) is 2.41. The lowest BCUT2D eigenvalue weighted by Crippen LogP contribution is -2.24. The number of hydrogen-bond acceptors (Lipinski definition) is 5.